The third-order valence-electron chi connectivity index (χ3n) is 6.22. The van der Waals surface area contributed by atoms with E-state index in [4.69, 9.17) is 0 Å². The molecule has 0 aromatic heterocycles. The molecule has 0 radical (unpaired) electrons. The summed E-state index contributed by atoms with van der Waals surface area (Å²) in [5, 5.41) is 3.21. The van der Waals surface area contributed by atoms with Crippen LogP contribution in [-0.2, 0) is 14.8 Å². The number of amides is 1. The molecule has 1 aromatic carbocycles. The molecule has 2 atom stereocenters. The highest BCUT2D eigenvalue weighted by Crippen LogP contribution is 2.27. The predicted octanol–water partition coefficient (Wildman–Crippen LogP) is 3.40. The van der Waals surface area contributed by atoms with Crippen molar-refractivity contribution in [3.05, 3.63) is 29.3 Å². The van der Waals surface area contributed by atoms with Gasteiger partial charge >= 0.3 is 0 Å². The molecule has 1 saturated carbocycles. The quantitative estimate of drug-likeness (QED) is 0.854. The van der Waals surface area contributed by atoms with Crippen LogP contribution in [0.1, 0.15) is 56.6 Å². The highest BCUT2D eigenvalue weighted by Gasteiger charge is 2.33. The molecule has 1 aromatic rings. The van der Waals surface area contributed by atoms with E-state index in [1.54, 1.807) is 12.1 Å². The van der Waals surface area contributed by atoms with E-state index >= 15 is 0 Å². The van der Waals surface area contributed by atoms with Crippen LogP contribution in [0.2, 0.25) is 0 Å². The first-order valence-corrected chi connectivity index (χ1v) is 11.6. The van der Waals surface area contributed by atoms with Gasteiger partial charge in [-0.15, -0.1) is 0 Å². The summed E-state index contributed by atoms with van der Waals surface area (Å²) in [7, 11) is -3.48. The zero-order valence-corrected chi connectivity index (χ0v) is 17.5. The number of aryl methyl sites for hydroxylation is 2. The van der Waals surface area contributed by atoms with E-state index < -0.39 is 10.0 Å². The van der Waals surface area contributed by atoms with Crippen molar-refractivity contribution in [1.82, 2.24) is 9.62 Å². The Morgan fingerprint density at radius 1 is 1.07 bits per heavy atom. The molecule has 1 aliphatic heterocycles. The molecule has 150 valence electrons. The van der Waals surface area contributed by atoms with Gasteiger partial charge in [0, 0.05) is 25.0 Å². The maximum absolute atomic E-state index is 12.9. The van der Waals surface area contributed by atoms with Crippen molar-refractivity contribution in [2.24, 2.45) is 11.8 Å². The molecule has 1 N–H and O–H groups in total. The molecular formula is C21H32N2O3S. The van der Waals surface area contributed by atoms with Crippen molar-refractivity contribution < 1.29 is 13.2 Å². The first-order chi connectivity index (χ1) is 12.8. The number of hydrogen-bond acceptors (Lipinski definition) is 3. The number of nitrogens with zero attached hydrogens (tertiary/aromatic N) is 1. The Morgan fingerprint density at radius 3 is 2.41 bits per heavy atom. The molecule has 2 unspecified atom stereocenters. The molecule has 1 saturated heterocycles. The number of piperidine rings is 1. The Bertz CT molecular complexity index is 783. The topological polar surface area (TPSA) is 66.5 Å². The minimum Gasteiger partial charge on any atom is -0.353 e. The maximum Gasteiger partial charge on any atom is 0.243 e. The van der Waals surface area contributed by atoms with Crippen LogP contribution in [0.4, 0.5) is 0 Å². The molecular weight excluding hydrogens is 360 g/mol. The zero-order chi connectivity index (χ0) is 19.6. The number of carbonyl (C=O) groups excluding carboxylic acids is 1. The second-order valence-electron chi connectivity index (χ2n) is 8.40. The maximum atomic E-state index is 12.9. The summed E-state index contributed by atoms with van der Waals surface area (Å²) in [6.45, 7) is 6.97. The second-order valence-corrected chi connectivity index (χ2v) is 10.3. The van der Waals surface area contributed by atoms with Crippen molar-refractivity contribution in [3.8, 4) is 0 Å². The van der Waals surface area contributed by atoms with Gasteiger partial charge in [-0.3, -0.25) is 4.79 Å². The molecule has 1 amide bonds. The van der Waals surface area contributed by atoms with Crippen LogP contribution < -0.4 is 5.32 Å². The van der Waals surface area contributed by atoms with Crippen molar-refractivity contribution in [3.63, 3.8) is 0 Å². The molecule has 6 heteroatoms. The van der Waals surface area contributed by atoms with Crippen LogP contribution in [0.15, 0.2) is 23.1 Å². The molecule has 5 nitrogen and oxygen atoms in total. The van der Waals surface area contributed by atoms with E-state index in [2.05, 4.69) is 12.2 Å². The van der Waals surface area contributed by atoms with E-state index in [0.717, 1.165) is 24.0 Å². The lowest BCUT2D eigenvalue weighted by atomic mass is 9.86. The SMILES string of the molecule is Cc1ccc(S(=O)(=O)N2CCC(C(=O)NC3CCCC(C)C3)CC2)cc1C. The highest BCUT2D eigenvalue weighted by atomic mass is 32.2. The van der Waals surface area contributed by atoms with Crippen molar-refractivity contribution >= 4 is 15.9 Å². The van der Waals surface area contributed by atoms with E-state index in [1.807, 2.05) is 19.9 Å². The number of benzene rings is 1. The van der Waals surface area contributed by atoms with Gasteiger partial charge in [0.15, 0.2) is 0 Å². The molecule has 1 aliphatic carbocycles. The van der Waals surface area contributed by atoms with Gasteiger partial charge in [0.2, 0.25) is 15.9 Å². The Balaban J connectivity index is 1.57. The van der Waals surface area contributed by atoms with Gasteiger partial charge in [-0.25, -0.2) is 8.42 Å². The van der Waals surface area contributed by atoms with Crippen LogP contribution in [0.3, 0.4) is 0 Å². The minimum atomic E-state index is -3.48. The second kappa shape index (κ2) is 8.31. The smallest absolute Gasteiger partial charge is 0.243 e. The van der Waals surface area contributed by atoms with Crippen LogP contribution in [-0.4, -0.2) is 37.8 Å². The Labute approximate surface area is 163 Å². The number of rotatable bonds is 4. The molecule has 2 aliphatic rings. The number of hydrogen-bond donors (Lipinski definition) is 1. The van der Waals surface area contributed by atoms with Crippen LogP contribution in [0.5, 0.6) is 0 Å². The van der Waals surface area contributed by atoms with Crippen LogP contribution in [0, 0.1) is 25.7 Å². The fraction of sp³-hybridized carbons (Fsp3) is 0.667. The summed E-state index contributed by atoms with van der Waals surface area (Å²) < 4.78 is 27.3. The first-order valence-electron chi connectivity index (χ1n) is 10.1. The number of nitrogens with one attached hydrogen (secondary N) is 1. The Morgan fingerprint density at radius 2 is 1.78 bits per heavy atom. The van der Waals surface area contributed by atoms with E-state index in [-0.39, 0.29) is 11.8 Å². The van der Waals surface area contributed by atoms with Gasteiger partial charge in [-0.2, -0.15) is 4.31 Å². The fourth-order valence-corrected chi connectivity index (χ4v) is 5.82. The minimum absolute atomic E-state index is 0.0755. The van der Waals surface area contributed by atoms with E-state index in [9.17, 15) is 13.2 Å². The highest BCUT2D eigenvalue weighted by molar-refractivity contribution is 7.89. The third kappa shape index (κ3) is 4.72. The summed E-state index contributed by atoms with van der Waals surface area (Å²) in [4.78, 5) is 13.0. The normalized spacial score (nSPS) is 25.3. The summed E-state index contributed by atoms with van der Waals surface area (Å²) in [5.74, 6) is 0.708. The zero-order valence-electron chi connectivity index (χ0n) is 16.7. The average molecular weight is 393 g/mol. The monoisotopic (exact) mass is 392 g/mol. The van der Waals surface area contributed by atoms with E-state index in [1.165, 1.54) is 17.1 Å². The van der Waals surface area contributed by atoms with Crippen molar-refractivity contribution in [2.45, 2.75) is 70.2 Å². The van der Waals surface area contributed by atoms with Crippen molar-refractivity contribution in [1.29, 1.82) is 0 Å². The summed E-state index contributed by atoms with van der Waals surface area (Å²) in [6, 6.07) is 5.57. The third-order valence-corrected chi connectivity index (χ3v) is 8.12. The largest absolute Gasteiger partial charge is 0.353 e. The van der Waals surface area contributed by atoms with E-state index in [0.29, 0.717) is 42.8 Å². The molecule has 1 heterocycles. The fourth-order valence-electron chi connectivity index (χ4n) is 4.27. The van der Waals surface area contributed by atoms with Gasteiger partial charge in [-0.05, 0) is 68.7 Å². The summed E-state index contributed by atoms with van der Waals surface area (Å²) >= 11 is 0. The number of sulfonamides is 1. The molecule has 0 bridgehead atoms. The molecule has 3 rings (SSSR count). The Hall–Kier alpha value is -1.40. The lowest BCUT2D eigenvalue weighted by molar-refractivity contribution is -0.127. The average Bonchev–Trinajstić information content (AvgIpc) is 2.64. The van der Waals surface area contributed by atoms with Gasteiger partial charge in [0.25, 0.3) is 0 Å². The van der Waals surface area contributed by atoms with Gasteiger partial charge in [0.05, 0.1) is 4.90 Å². The van der Waals surface area contributed by atoms with Crippen LogP contribution >= 0.6 is 0 Å². The van der Waals surface area contributed by atoms with Crippen molar-refractivity contribution in [2.75, 3.05) is 13.1 Å². The molecule has 2 fully saturated rings. The predicted molar refractivity (Wildman–Crippen MR) is 107 cm³/mol. The Kier molecular flexibility index (Phi) is 6.26. The lowest BCUT2D eigenvalue weighted by Crippen LogP contribution is -2.46. The standard InChI is InChI=1S/C21H32N2O3S/c1-15-5-4-6-19(13-15)22-21(24)18-9-11-23(12-10-18)27(25,26)20-8-7-16(2)17(3)14-20/h7-8,14-15,18-19H,4-6,9-13H2,1-3H3,(H,22,24). The van der Waals surface area contributed by atoms with Gasteiger partial charge in [0.1, 0.15) is 0 Å². The lowest BCUT2D eigenvalue weighted by Gasteiger charge is -2.33. The summed E-state index contributed by atoms with van der Waals surface area (Å²) in [5.41, 5.74) is 2.06. The molecule has 0 spiro atoms. The van der Waals surface area contributed by atoms with Crippen LogP contribution in [0.25, 0.3) is 0 Å². The van der Waals surface area contributed by atoms with Gasteiger partial charge < -0.3 is 5.32 Å². The summed E-state index contributed by atoms with van der Waals surface area (Å²) in [6.07, 6.45) is 5.75. The number of carbonyl (C=O) groups is 1. The molecule has 27 heavy (non-hydrogen) atoms. The first kappa shape index (κ1) is 20.3. The van der Waals surface area contributed by atoms with Gasteiger partial charge in [-0.1, -0.05) is 25.8 Å².